The van der Waals surface area contributed by atoms with Crippen molar-refractivity contribution in [3.05, 3.63) is 35.8 Å². The van der Waals surface area contributed by atoms with Crippen molar-refractivity contribution in [3.8, 4) is 0 Å². The third-order valence-electron chi connectivity index (χ3n) is 1.61. The maximum Gasteiger partial charge on any atom is 1.00 e. The van der Waals surface area contributed by atoms with E-state index in [1.54, 1.807) is 6.92 Å². The number of nitro groups is 3. The predicted molar refractivity (Wildman–Crippen MR) is 52.9 cm³/mol. The van der Waals surface area contributed by atoms with Crippen molar-refractivity contribution in [1.29, 1.82) is 0 Å². The maximum absolute atomic E-state index is 10.5. The van der Waals surface area contributed by atoms with Gasteiger partial charge in [-0.2, -0.15) is 0 Å². The number of hydrogen-bond donors (Lipinski definition) is 0. The SMILES string of the molecule is CCCN(CN(C[N-][N+](=O)[O-])[N+](=O)[O-])[N+](=O)[O-].[K+]. The summed E-state index contributed by atoms with van der Waals surface area (Å²) < 4.78 is 0. The van der Waals surface area contributed by atoms with Gasteiger partial charge in [-0.1, -0.05) is 6.92 Å². The van der Waals surface area contributed by atoms with Gasteiger partial charge < -0.3 is 5.43 Å². The van der Waals surface area contributed by atoms with Crippen molar-refractivity contribution in [2.75, 3.05) is 19.9 Å². The monoisotopic (exact) mass is 290 g/mol. The zero-order chi connectivity index (χ0) is 13.4. The Morgan fingerprint density at radius 3 is 1.89 bits per heavy atom. The summed E-state index contributed by atoms with van der Waals surface area (Å²) in [5.74, 6) is 0. The number of hydrogen-bond acceptors (Lipinski definition) is 6. The first-order valence-corrected chi connectivity index (χ1v) is 4.48. The Morgan fingerprint density at radius 1 is 1.06 bits per heavy atom. The molecule has 0 atom stereocenters. The Balaban J connectivity index is 0. The fourth-order valence-corrected chi connectivity index (χ4v) is 0.923. The minimum absolute atomic E-state index is 0. The van der Waals surface area contributed by atoms with Crippen molar-refractivity contribution in [3.63, 3.8) is 0 Å². The summed E-state index contributed by atoms with van der Waals surface area (Å²) in [5, 5.41) is 28.9. The normalized spacial score (nSPS) is 8.94. The quantitative estimate of drug-likeness (QED) is 0.187. The molecule has 0 unspecified atom stereocenters. The molecule has 0 aliphatic rings. The van der Waals surface area contributed by atoms with Gasteiger partial charge in [-0.05, 0) is 11.5 Å². The molecule has 0 radical (unpaired) electrons. The van der Waals surface area contributed by atoms with E-state index in [2.05, 4.69) is 5.43 Å². The average molecular weight is 290 g/mol. The molecule has 0 amide bonds. The van der Waals surface area contributed by atoms with Crippen LogP contribution in [-0.2, 0) is 0 Å². The van der Waals surface area contributed by atoms with Gasteiger partial charge in [-0.3, -0.25) is 10.1 Å². The molecule has 0 aliphatic heterocycles. The van der Waals surface area contributed by atoms with Crippen LogP contribution in [0.4, 0.5) is 0 Å². The van der Waals surface area contributed by atoms with Gasteiger partial charge in [-0.25, -0.2) is 20.2 Å². The molecule has 0 saturated carbocycles. The van der Waals surface area contributed by atoms with E-state index in [-0.39, 0.29) is 62.9 Å². The summed E-state index contributed by atoms with van der Waals surface area (Å²) in [4.78, 5) is 30.9. The predicted octanol–water partition coefficient (Wildman–Crippen LogP) is -3.13. The van der Waals surface area contributed by atoms with Crippen LogP contribution >= 0.6 is 0 Å². The first kappa shape index (κ1) is 19.6. The fraction of sp³-hybridized carbons (Fsp3) is 1.00. The second-order valence-electron chi connectivity index (χ2n) is 2.87. The van der Waals surface area contributed by atoms with E-state index in [4.69, 9.17) is 0 Å². The molecule has 12 nitrogen and oxygen atoms in total. The molecule has 13 heteroatoms. The molecule has 0 saturated heterocycles. The van der Waals surface area contributed by atoms with Gasteiger partial charge in [0.2, 0.25) is 6.67 Å². The maximum atomic E-state index is 10.5. The Hall–Kier alpha value is -0.764. The minimum Gasteiger partial charge on any atom is -0.352 e. The van der Waals surface area contributed by atoms with Gasteiger partial charge in [-0.15, -0.1) is 10.0 Å². The molecule has 0 aliphatic carbocycles. The Labute approximate surface area is 144 Å². The van der Waals surface area contributed by atoms with Crippen LogP contribution in [0, 0.1) is 30.3 Å². The third-order valence-corrected chi connectivity index (χ3v) is 1.61. The van der Waals surface area contributed by atoms with Gasteiger partial charge >= 0.3 is 51.4 Å². The average Bonchev–Trinajstić information content (AvgIpc) is 2.21. The van der Waals surface area contributed by atoms with Crippen molar-refractivity contribution >= 4 is 0 Å². The molecule has 0 spiro atoms. The fourth-order valence-electron chi connectivity index (χ4n) is 0.923. The molecule has 98 valence electrons. The number of rotatable bonds is 9. The van der Waals surface area contributed by atoms with Gasteiger partial charge in [0.05, 0.1) is 13.2 Å². The summed E-state index contributed by atoms with van der Waals surface area (Å²) in [6, 6.07) is 0. The summed E-state index contributed by atoms with van der Waals surface area (Å²) in [6.45, 7) is 0.128. The molecule has 0 N–H and O–H groups in total. The Bertz CT molecular complexity index is 302. The Morgan fingerprint density at radius 2 is 1.56 bits per heavy atom. The summed E-state index contributed by atoms with van der Waals surface area (Å²) in [7, 11) is 0. The molecular weight excluding hydrogens is 279 g/mol. The second-order valence-corrected chi connectivity index (χ2v) is 2.87. The molecule has 0 aromatic rings. The van der Waals surface area contributed by atoms with Gasteiger partial charge in [0.1, 0.15) is 0 Å². The van der Waals surface area contributed by atoms with Crippen molar-refractivity contribution in [1.82, 2.24) is 10.0 Å². The zero-order valence-corrected chi connectivity index (χ0v) is 13.1. The zero-order valence-electron chi connectivity index (χ0n) is 9.96. The minimum atomic E-state index is -1.09. The van der Waals surface area contributed by atoms with Crippen LogP contribution in [-0.4, -0.2) is 45.0 Å². The van der Waals surface area contributed by atoms with E-state index in [0.29, 0.717) is 11.4 Å². The summed E-state index contributed by atoms with van der Waals surface area (Å²) in [5.41, 5.74) is 2.68. The Kier molecular flexibility index (Phi) is 11.1. The molecule has 18 heavy (non-hydrogen) atoms. The van der Waals surface area contributed by atoms with E-state index in [1.165, 1.54) is 0 Å². The van der Waals surface area contributed by atoms with E-state index >= 15 is 0 Å². The molecule has 0 heterocycles. The molecule has 0 fully saturated rings. The second kappa shape index (κ2) is 10.2. The van der Waals surface area contributed by atoms with E-state index in [1.807, 2.05) is 0 Å². The summed E-state index contributed by atoms with van der Waals surface area (Å²) >= 11 is 0. The molecule has 0 aromatic heterocycles. The summed E-state index contributed by atoms with van der Waals surface area (Å²) in [6.07, 6.45) is 0.416. The van der Waals surface area contributed by atoms with Crippen LogP contribution in [0.15, 0.2) is 0 Å². The van der Waals surface area contributed by atoms with Crippen LogP contribution in [0.25, 0.3) is 5.43 Å². The van der Waals surface area contributed by atoms with E-state index in [9.17, 15) is 30.3 Å². The first-order chi connectivity index (χ1) is 7.88. The topological polar surface area (TPSA) is 150 Å². The van der Waals surface area contributed by atoms with Crippen LogP contribution in [0.3, 0.4) is 0 Å². The van der Waals surface area contributed by atoms with E-state index < -0.39 is 28.4 Å². The molecule has 0 bridgehead atoms. The van der Waals surface area contributed by atoms with Crippen LogP contribution in [0.5, 0.6) is 0 Å². The molecular formula is C5H11KN6O6. The first-order valence-electron chi connectivity index (χ1n) is 4.48. The smallest absolute Gasteiger partial charge is 0.352 e. The van der Waals surface area contributed by atoms with Gasteiger partial charge in [0, 0.05) is 0 Å². The number of hydrazine groups is 2. The molecule has 0 aromatic carbocycles. The standard InChI is InChI=1S/C5H11N6O6.K/c1-2-3-7(10(14)15)5-8(11(16)17)4-6-9(12)13;/h2-5H2,1H3;/q-1;+1. The van der Waals surface area contributed by atoms with E-state index in [0.717, 1.165) is 0 Å². The van der Waals surface area contributed by atoms with Crippen molar-refractivity contribution in [2.24, 2.45) is 0 Å². The largest absolute Gasteiger partial charge is 1.00 e. The van der Waals surface area contributed by atoms with Gasteiger partial charge in [0.15, 0.2) is 10.1 Å². The van der Waals surface area contributed by atoms with Crippen LogP contribution in [0.2, 0.25) is 0 Å². The van der Waals surface area contributed by atoms with Crippen molar-refractivity contribution in [2.45, 2.75) is 13.3 Å². The van der Waals surface area contributed by atoms with Crippen molar-refractivity contribution < 1.29 is 66.5 Å². The third kappa shape index (κ3) is 8.35. The molecule has 0 rings (SSSR count). The number of nitrogens with zero attached hydrogens (tertiary/aromatic N) is 6. The van der Waals surface area contributed by atoms with Crippen LogP contribution in [0.1, 0.15) is 13.3 Å². The van der Waals surface area contributed by atoms with Gasteiger partial charge in [0.25, 0.3) is 0 Å². The van der Waals surface area contributed by atoms with Crippen LogP contribution < -0.4 is 51.4 Å².